The molecule has 3 aromatic rings. The van der Waals surface area contributed by atoms with E-state index in [0.29, 0.717) is 24.5 Å². The number of ether oxygens (including phenoxy) is 1. The van der Waals surface area contributed by atoms with Crippen LogP contribution in [0, 0.1) is 6.92 Å². The lowest BCUT2D eigenvalue weighted by Gasteiger charge is -2.36. The van der Waals surface area contributed by atoms with E-state index in [1.165, 1.54) is 0 Å². The van der Waals surface area contributed by atoms with Crippen molar-refractivity contribution in [3.63, 3.8) is 0 Å². The van der Waals surface area contributed by atoms with E-state index in [1.54, 1.807) is 13.1 Å². The Morgan fingerprint density at radius 2 is 1.81 bits per heavy atom. The molecular formula is C26H34N2O3Si. The van der Waals surface area contributed by atoms with Crippen LogP contribution in [0.5, 0.6) is 0 Å². The molecule has 0 aliphatic rings. The molecule has 0 fully saturated rings. The highest BCUT2D eigenvalue weighted by molar-refractivity contribution is 6.74. The van der Waals surface area contributed by atoms with Crippen molar-refractivity contribution in [2.75, 3.05) is 11.9 Å². The third kappa shape index (κ3) is 5.02. The Balaban J connectivity index is 2.09. The molecule has 6 heteroatoms. The summed E-state index contributed by atoms with van der Waals surface area (Å²) in [5.74, 6) is -0.388. The molecule has 2 aromatic carbocycles. The van der Waals surface area contributed by atoms with Crippen LogP contribution in [0.2, 0.25) is 18.1 Å². The summed E-state index contributed by atoms with van der Waals surface area (Å²) in [6.45, 7) is 15.8. The van der Waals surface area contributed by atoms with Crippen molar-refractivity contribution in [1.29, 1.82) is 0 Å². The molecule has 1 N–H and O–H groups in total. The molecular weight excluding hydrogens is 416 g/mol. The van der Waals surface area contributed by atoms with Gasteiger partial charge in [0.15, 0.2) is 8.32 Å². The number of fused-ring (bicyclic) bond motifs is 1. The van der Waals surface area contributed by atoms with Gasteiger partial charge in [-0.15, -0.1) is 0 Å². The number of aryl methyl sites for hydroxylation is 1. The Morgan fingerprint density at radius 1 is 1.09 bits per heavy atom. The molecule has 0 amide bonds. The van der Waals surface area contributed by atoms with E-state index in [9.17, 15) is 4.79 Å². The van der Waals surface area contributed by atoms with Gasteiger partial charge in [-0.25, -0.2) is 4.79 Å². The normalized spacial score (nSPS) is 12.1. The first-order chi connectivity index (χ1) is 15.0. The fraction of sp³-hybridized carbons (Fsp3) is 0.385. The van der Waals surface area contributed by atoms with Gasteiger partial charge in [0.1, 0.15) is 5.56 Å². The van der Waals surface area contributed by atoms with Gasteiger partial charge in [0.05, 0.1) is 24.4 Å². The maximum atomic E-state index is 12.7. The summed E-state index contributed by atoms with van der Waals surface area (Å²) in [6.07, 6.45) is 1.61. The average Bonchev–Trinajstić information content (AvgIpc) is 2.73. The molecule has 5 nitrogen and oxygen atoms in total. The van der Waals surface area contributed by atoms with Crippen LogP contribution in [-0.4, -0.2) is 25.9 Å². The standard InChI is InChI=1S/C26H34N2O3Si/c1-8-30-25(29)21-16-27-23-19(17-31-32(6,7)26(3,4)5)13-11-14-20(23)24(21)28-22-15-10-9-12-18(22)2/h9-16H,8,17H2,1-7H3,(H,27,28). The highest BCUT2D eigenvalue weighted by Crippen LogP contribution is 2.38. The number of para-hydroxylation sites is 2. The largest absolute Gasteiger partial charge is 0.462 e. The molecule has 32 heavy (non-hydrogen) atoms. The van der Waals surface area contributed by atoms with Crippen LogP contribution in [0.4, 0.5) is 11.4 Å². The third-order valence-corrected chi connectivity index (χ3v) is 10.8. The predicted octanol–water partition coefficient (Wildman–Crippen LogP) is 6.99. The average molecular weight is 451 g/mol. The lowest BCUT2D eigenvalue weighted by atomic mass is 10.0. The van der Waals surface area contributed by atoms with Gasteiger partial charge in [-0.3, -0.25) is 4.98 Å². The summed E-state index contributed by atoms with van der Waals surface area (Å²) in [5, 5.41) is 4.47. The fourth-order valence-electron chi connectivity index (χ4n) is 3.22. The molecule has 0 radical (unpaired) electrons. The maximum absolute atomic E-state index is 12.7. The van der Waals surface area contributed by atoms with Crippen LogP contribution in [0.25, 0.3) is 10.9 Å². The van der Waals surface area contributed by atoms with E-state index >= 15 is 0 Å². The van der Waals surface area contributed by atoms with Gasteiger partial charge in [0.2, 0.25) is 0 Å². The number of esters is 1. The summed E-state index contributed by atoms with van der Waals surface area (Å²) < 4.78 is 11.8. The number of nitrogens with one attached hydrogen (secondary N) is 1. The summed E-state index contributed by atoms with van der Waals surface area (Å²) >= 11 is 0. The number of hydrogen-bond acceptors (Lipinski definition) is 5. The lowest BCUT2D eigenvalue weighted by molar-refractivity contribution is 0.0527. The minimum absolute atomic E-state index is 0.125. The van der Waals surface area contributed by atoms with Crippen LogP contribution in [0.15, 0.2) is 48.7 Å². The van der Waals surface area contributed by atoms with Crippen LogP contribution >= 0.6 is 0 Å². The van der Waals surface area contributed by atoms with Crippen molar-refractivity contribution in [2.45, 2.75) is 59.4 Å². The van der Waals surface area contributed by atoms with Crippen molar-refractivity contribution >= 4 is 36.6 Å². The molecule has 170 valence electrons. The van der Waals surface area contributed by atoms with Crippen LogP contribution in [0.3, 0.4) is 0 Å². The Bertz CT molecular complexity index is 1120. The number of rotatable bonds is 7. The topological polar surface area (TPSA) is 60.5 Å². The number of nitrogens with zero attached hydrogens (tertiary/aromatic N) is 1. The SMILES string of the molecule is CCOC(=O)c1cnc2c(CO[Si](C)(C)C(C)(C)C)cccc2c1Nc1ccccc1C. The first-order valence-corrected chi connectivity index (χ1v) is 14.0. The first-order valence-electron chi connectivity index (χ1n) is 11.1. The summed E-state index contributed by atoms with van der Waals surface area (Å²) in [7, 11) is -1.91. The van der Waals surface area contributed by atoms with E-state index in [2.05, 4.69) is 44.2 Å². The molecule has 0 saturated carbocycles. The highest BCUT2D eigenvalue weighted by atomic mass is 28.4. The Morgan fingerprint density at radius 3 is 2.47 bits per heavy atom. The van der Waals surface area contributed by atoms with Crippen LogP contribution in [0.1, 0.15) is 49.2 Å². The third-order valence-electron chi connectivity index (χ3n) is 6.28. The Hall–Kier alpha value is -2.70. The number of anilines is 2. The van der Waals surface area contributed by atoms with Crippen LogP contribution < -0.4 is 5.32 Å². The van der Waals surface area contributed by atoms with Gasteiger partial charge in [-0.2, -0.15) is 0 Å². The molecule has 1 aromatic heterocycles. The quantitative estimate of drug-likeness (QED) is 0.311. The van der Waals surface area contributed by atoms with Gasteiger partial charge in [-0.05, 0) is 43.6 Å². The molecule has 0 aliphatic carbocycles. The van der Waals surface area contributed by atoms with Crippen molar-refractivity contribution in [3.05, 3.63) is 65.4 Å². The van der Waals surface area contributed by atoms with E-state index in [-0.39, 0.29) is 11.0 Å². The molecule has 0 bridgehead atoms. The Kier molecular flexibility index (Phi) is 7.05. The van der Waals surface area contributed by atoms with E-state index in [1.807, 2.05) is 49.4 Å². The van der Waals surface area contributed by atoms with E-state index in [0.717, 1.165) is 27.7 Å². The molecule has 1 heterocycles. The van der Waals surface area contributed by atoms with E-state index in [4.69, 9.17) is 9.16 Å². The second kappa shape index (κ2) is 9.43. The number of hydrogen-bond donors (Lipinski definition) is 1. The minimum atomic E-state index is -1.91. The zero-order valence-corrected chi connectivity index (χ0v) is 21.2. The van der Waals surface area contributed by atoms with Crippen LogP contribution in [-0.2, 0) is 15.8 Å². The van der Waals surface area contributed by atoms with Gasteiger partial charge in [0.25, 0.3) is 0 Å². The summed E-state index contributed by atoms with van der Waals surface area (Å²) in [4.78, 5) is 17.4. The monoisotopic (exact) mass is 450 g/mol. The zero-order chi connectivity index (χ0) is 23.5. The lowest BCUT2D eigenvalue weighted by Crippen LogP contribution is -2.40. The number of carbonyl (C=O) groups excluding carboxylic acids is 1. The summed E-state index contributed by atoms with van der Waals surface area (Å²) in [5.41, 5.74) is 4.99. The van der Waals surface area contributed by atoms with Crippen molar-refractivity contribution in [2.24, 2.45) is 0 Å². The highest BCUT2D eigenvalue weighted by Gasteiger charge is 2.37. The number of benzene rings is 2. The van der Waals surface area contributed by atoms with Crippen molar-refractivity contribution in [1.82, 2.24) is 4.98 Å². The summed E-state index contributed by atoms with van der Waals surface area (Å²) in [6, 6.07) is 14.0. The van der Waals surface area contributed by atoms with Gasteiger partial charge in [0, 0.05) is 22.8 Å². The van der Waals surface area contributed by atoms with Gasteiger partial charge >= 0.3 is 5.97 Å². The smallest absolute Gasteiger partial charge is 0.341 e. The maximum Gasteiger partial charge on any atom is 0.341 e. The second-order valence-corrected chi connectivity index (χ2v) is 14.4. The van der Waals surface area contributed by atoms with E-state index < -0.39 is 8.32 Å². The first kappa shape index (κ1) is 23.9. The molecule has 0 aliphatic heterocycles. The predicted molar refractivity (Wildman–Crippen MR) is 134 cm³/mol. The molecule has 0 unspecified atom stereocenters. The van der Waals surface area contributed by atoms with Gasteiger partial charge < -0.3 is 14.5 Å². The van der Waals surface area contributed by atoms with Crippen molar-refractivity contribution in [3.8, 4) is 0 Å². The van der Waals surface area contributed by atoms with Crippen molar-refractivity contribution < 1.29 is 14.0 Å². The number of aromatic nitrogens is 1. The van der Waals surface area contributed by atoms with Gasteiger partial charge in [-0.1, -0.05) is 57.2 Å². The molecule has 0 saturated heterocycles. The molecule has 0 spiro atoms. The number of carbonyl (C=O) groups is 1. The zero-order valence-electron chi connectivity index (χ0n) is 20.2. The molecule has 3 rings (SSSR count). The second-order valence-electron chi connectivity index (χ2n) is 9.57. The Labute approximate surface area is 192 Å². The number of pyridine rings is 1. The molecule has 0 atom stereocenters. The minimum Gasteiger partial charge on any atom is -0.462 e. The fourth-order valence-corrected chi connectivity index (χ4v) is 4.17.